The van der Waals surface area contributed by atoms with Crippen molar-refractivity contribution in [3.8, 4) is 6.07 Å². The summed E-state index contributed by atoms with van der Waals surface area (Å²) in [5, 5.41) is 12.6. The highest BCUT2D eigenvalue weighted by Gasteiger charge is 2.45. The van der Waals surface area contributed by atoms with Gasteiger partial charge in [0.25, 0.3) is 0 Å². The zero-order chi connectivity index (χ0) is 13.0. The summed E-state index contributed by atoms with van der Waals surface area (Å²) in [6.07, 6.45) is 3.19. The maximum absolute atomic E-state index is 8.96. The Morgan fingerprint density at radius 1 is 1.28 bits per heavy atom. The predicted molar refractivity (Wildman–Crippen MR) is 73.9 cm³/mol. The van der Waals surface area contributed by atoms with Crippen molar-refractivity contribution in [2.75, 3.05) is 6.54 Å². The fourth-order valence-corrected chi connectivity index (χ4v) is 2.53. The van der Waals surface area contributed by atoms with Gasteiger partial charge in [0.05, 0.1) is 12.5 Å². The van der Waals surface area contributed by atoms with Gasteiger partial charge >= 0.3 is 0 Å². The molecule has 1 aliphatic rings. The fraction of sp³-hybridized carbons (Fsp3) is 0.562. The summed E-state index contributed by atoms with van der Waals surface area (Å²) >= 11 is 0. The Hall–Kier alpha value is -1.33. The van der Waals surface area contributed by atoms with Gasteiger partial charge in [-0.1, -0.05) is 44.2 Å². The molecule has 2 nitrogen and oxygen atoms in total. The van der Waals surface area contributed by atoms with Crippen LogP contribution < -0.4 is 5.32 Å². The average molecular weight is 242 g/mol. The SMILES string of the molecule is CC(C)C1(CNC(CC#N)c2ccccc2)CC1. The topological polar surface area (TPSA) is 35.8 Å². The highest BCUT2D eigenvalue weighted by atomic mass is 14.9. The first kappa shape index (κ1) is 13.1. The molecule has 96 valence electrons. The van der Waals surface area contributed by atoms with E-state index in [1.54, 1.807) is 0 Å². The molecular weight excluding hydrogens is 220 g/mol. The Kier molecular flexibility index (Phi) is 4.04. The first-order valence-electron chi connectivity index (χ1n) is 6.83. The second kappa shape index (κ2) is 5.54. The van der Waals surface area contributed by atoms with Crippen molar-refractivity contribution in [2.45, 2.75) is 39.2 Å². The molecule has 0 saturated heterocycles. The number of nitriles is 1. The first-order valence-corrected chi connectivity index (χ1v) is 6.83. The van der Waals surface area contributed by atoms with E-state index in [2.05, 4.69) is 37.4 Å². The van der Waals surface area contributed by atoms with Gasteiger partial charge in [-0.25, -0.2) is 0 Å². The third-order valence-corrected chi connectivity index (χ3v) is 4.31. The Labute approximate surface area is 110 Å². The smallest absolute Gasteiger partial charge is 0.0641 e. The second-order valence-electron chi connectivity index (χ2n) is 5.72. The predicted octanol–water partition coefficient (Wildman–Crippen LogP) is 3.67. The van der Waals surface area contributed by atoms with Gasteiger partial charge in [0.15, 0.2) is 0 Å². The molecule has 1 N–H and O–H groups in total. The Bertz CT molecular complexity index is 412. The maximum atomic E-state index is 8.96. The van der Waals surface area contributed by atoms with E-state index in [0.717, 1.165) is 12.5 Å². The molecule has 1 saturated carbocycles. The van der Waals surface area contributed by atoms with Crippen LogP contribution >= 0.6 is 0 Å². The van der Waals surface area contributed by atoms with Crippen molar-refractivity contribution >= 4 is 0 Å². The maximum Gasteiger partial charge on any atom is 0.0641 e. The summed E-state index contributed by atoms with van der Waals surface area (Å²) in [5.41, 5.74) is 1.71. The fourth-order valence-electron chi connectivity index (χ4n) is 2.53. The molecule has 0 bridgehead atoms. The molecule has 0 aliphatic heterocycles. The van der Waals surface area contributed by atoms with E-state index in [4.69, 9.17) is 5.26 Å². The van der Waals surface area contributed by atoms with Crippen LogP contribution in [0, 0.1) is 22.7 Å². The first-order chi connectivity index (χ1) is 8.68. The van der Waals surface area contributed by atoms with Gasteiger partial charge in [-0.15, -0.1) is 0 Å². The molecule has 1 fully saturated rings. The van der Waals surface area contributed by atoms with Crippen molar-refractivity contribution in [1.82, 2.24) is 5.32 Å². The molecule has 1 atom stereocenters. The van der Waals surface area contributed by atoms with Crippen molar-refractivity contribution in [1.29, 1.82) is 5.26 Å². The monoisotopic (exact) mass is 242 g/mol. The van der Waals surface area contributed by atoms with Gasteiger partial charge in [0.1, 0.15) is 0 Å². The van der Waals surface area contributed by atoms with Crippen molar-refractivity contribution < 1.29 is 0 Å². The third-order valence-electron chi connectivity index (χ3n) is 4.31. The Balaban J connectivity index is 1.98. The van der Waals surface area contributed by atoms with Gasteiger partial charge in [-0.2, -0.15) is 5.26 Å². The number of rotatable bonds is 6. The van der Waals surface area contributed by atoms with Gasteiger partial charge in [0.2, 0.25) is 0 Å². The molecule has 2 heteroatoms. The minimum absolute atomic E-state index is 0.174. The summed E-state index contributed by atoms with van der Waals surface area (Å²) in [5.74, 6) is 0.725. The van der Waals surface area contributed by atoms with Crippen molar-refractivity contribution in [3.05, 3.63) is 35.9 Å². The highest BCUT2D eigenvalue weighted by Crippen LogP contribution is 2.51. The van der Waals surface area contributed by atoms with E-state index in [1.807, 2.05) is 18.2 Å². The minimum Gasteiger partial charge on any atom is -0.308 e. The number of nitrogens with zero attached hydrogens (tertiary/aromatic N) is 1. The van der Waals surface area contributed by atoms with E-state index in [1.165, 1.54) is 18.4 Å². The van der Waals surface area contributed by atoms with E-state index in [-0.39, 0.29) is 6.04 Å². The quantitative estimate of drug-likeness (QED) is 0.826. The molecule has 2 rings (SSSR count). The van der Waals surface area contributed by atoms with E-state index in [0.29, 0.717) is 11.8 Å². The molecule has 1 aromatic carbocycles. The summed E-state index contributed by atoms with van der Waals surface area (Å²) in [7, 11) is 0. The van der Waals surface area contributed by atoms with Gasteiger partial charge in [-0.3, -0.25) is 0 Å². The average Bonchev–Trinajstić information content (AvgIpc) is 3.17. The second-order valence-corrected chi connectivity index (χ2v) is 5.72. The molecule has 1 aromatic rings. The van der Waals surface area contributed by atoms with Crippen LogP contribution in [0.15, 0.2) is 30.3 Å². The van der Waals surface area contributed by atoms with Gasteiger partial charge in [-0.05, 0) is 29.7 Å². The lowest BCUT2D eigenvalue weighted by Gasteiger charge is -2.24. The van der Waals surface area contributed by atoms with E-state index in [9.17, 15) is 0 Å². The van der Waals surface area contributed by atoms with Crippen LogP contribution in [0.25, 0.3) is 0 Å². The molecule has 0 heterocycles. The molecular formula is C16H22N2. The Morgan fingerprint density at radius 2 is 1.94 bits per heavy atom. The van der Waals surface area contributed by atoms with Crippen LogP contribution in [-0.4, -0.2) is 6.54 Å². The molecule has 0 aromatic heterocycles. The molecule has 0 amide bonds. The van der Waals surface area contributed by atoms with Crippen molar-refractivity contribution in [2.24, 2.45) is 11.3 Å². The zero-order valence-electron chi connectivity index (χ0n) is 11.3. The lowest BCUT2D eigenvalue weighted by atomic mass is 9.91. The molecule has 18 heavy (non-hydrogen) atoms. The minimum atomic E-state index is 0.174. The highest BCUT2D eigenvalue weighted by molar-refractivity contribution is 5.20. The van der Waals surface area contributed by atoms with E-state index < -0.39 is 0 Å². The lowest BCUT2D eigenvalue weighted by molar-refractivity contribution is 0.321. The van der Waals surface area contributed by atoms with Crippen LogP contribution in [-0.2, 0) is 0 Å². The summed E-state index contributed by atoms with van der Waals surface area (Å²) in [4.78, 5) is 0. The number of hydrogen-bond donors (Lipinski definition) is 1. The van der Waals surface area contributed by atoms with Gasteiger partial charge < -0.3 is 5.32 Å². The molecule has 0 spiro atoms. The molecule has 1 unspecified atom stereocenters. The summed E-state index contributed by atoms with van der Waals surface area (Å²) in [6, 6.07) is 12.8. The van der Waals surface area contributed by atoms with Crippen molar-refractivity contribution in [3.63, 3.8) is 0 Å². The third kappa shape index (κ3) is 2.91. The van der Waals surface area contributed by atoms with Crippen LogP contribution in [0.1, 0.15) is 44.7 Å². The normalized spacial score (nSPS) is 18.3. The summed E-state index contributed by atoms with van der Waals surface area (Å²) < 4.78 is 0. The van der Waals surface area contributed by atoms with Crippen LogP contribution in [0.4, 0.5) is 0 Å². The molecule has 0 radical (unpaired) electrons. The zero-order valence-corrected chi connectivity index (χ0v) is 11.3. The lowest BCUT2D eigenvalue weighted by Crippen LogP contribution is -2.30. The van der Waals surface area contributed by atoms with Crippen LogP contribution in [0.2, 0.25) is 0 Å². The standard InChI is InChI=1S/C16H22N2/c1-13(2)16(9-10-16)12-18-15(8-11-17)14-6-4-3-5-7-14/h3-7,13,15,18H,8-10,12H2,1-2H3. The summed E-state index contributed by atoms with van der Waals surface area (Å²) in [6.45, 7) is 5.64. The number of nitrogens with one attached hydrogen (secondary N) is 1. The number of benzene rings is 1. The van der Waals surface area contributed by atoms with Crippen LogP contribution in [0.5, 0.6) is 0 Å². The Morgan fingerprint density at radius 3 is 2.44 bits per heavy atom. The van der Waals surface area contributed by atoms with E-state index >= 15 is 0 Å². The van der Waals surface area contributed by atoms with Crippen LogP contribution in [0.3, 0.4) is 0 Å². The van der Waals surface area contributed by atoms with Gasteiger partial charge in [0, 0.05) is 12.6 Å². The number of hydrogen-bond acceptors (Lipinski definition) is 2. The molecule has 1 aliphatic carbocycles. The largest absolute Gasteiger partial charge is 0.308 e.